The highest BCUT2D eigenvalue weighted by atomic mass is 16.1. The zero-order valence-electron chi connectivity index (χ0n) is 23.0. The third-order valence-electron chi connectivity index (χ3n) is 7.75. The van der Waals surface area contributed by atoms with Gasteiger partial charge in [0.2, 0.25) is 0 Å². The second-order valence-corrected chi connectivity index (χ2v) is 10.8. The van der Waals surface area contributed by atoms with Crippen molar-refractivity contribution in [1.29, 1.82) is 0 Å². The molecule has 0 saturated carbocycles. The Kier molecular flexibility index (Phi) is 16.9. The van der Waals surface area contributed by atoms with Crippen LogP contribution in [0, 0.1) is 11.3 Å². The molecule has 8 heteroatoms. The number of carbonyl (C=O) groups excluding carboxylic acids is 1. The minimum absolute atomic E-state index is 0.109. The number of rotatable bonds is 21. The molecule has 33 heavy (non-hydrogen) atoms. The summed E-state index contributed by atoms with van der Waals surface area (Å²) in [6, 6.07) is 0.757. The molecule has 0 heterocycles. The molecule has 6 N–H and O–H groups in total. The Hall–Kier alpha value is -0.400. The summed E-state index contributed by atoms with van der Waals surface area (Å²) in [6.07, 6.45) is 7.32. The molecule has 191 valence electrons. The van der Waals surface area contributed by atoms with Crippen molar-refractivity contribution in [3.05, 3.63) is 0 Å². The summed E-state index contributed by atoms with van der Waals surface area (Å²) in [5, 5.41) is 13.7. The van der Waals surface area contributed by atoms with Gasteiger partial charge in [-0.05, 0) is 91.5 Å². The lowest BCUT2D eigenvalue weighted by Gasteiger charge is -2.43. The van der Waals surface area contributed by atoms with Gasteiger partial charge in [0.15, 0.2) is 5.78 Å². The molecule has 0 aliphatic heterocycles. The van der Waals surface area contributed by atoms with Gasteiger partial charge in [-0.15, -0.1) is 0 Å². The minimum Gasteiger partial charge on any atom is -0.366 e. The summed E-state index contributed by atoms with van der Waals surface area (Å²) in [6.45, 7) is 17.6. The third kappa shape index (κ3) is 11.7. The van der Waals surface area contributed by atoms with Crippen molar-refractivity contribution in [2.24, 2.45) is 17.1 Å². The first kappa shape index (κ1) is 32.6. The van der Waals surface area contributed by atoms with Crippen LogP contribution in [0.2, 0.25) is 0 Å². The van der Waals surface area contributed by atoms with Gasteiger partial charge < -0.3 is 26.9 Å². The normalized spacial score (nSPS) is 16.3. The van der Waals surface area contributed by atoms with Crippen LogP contribution in [-0.4, -0.2) is 71.2 Å². The van der Waals surface area contributed by atoms with Crippen LogP contribution in [0.4, 0.5) is 0 Å². The molecule has 0 rings (SSSR count). The second kappa shape index (κ2) is 17.1. The average Bonchev–Trinajstić information content (AvgIpc) is 2.78. The number of hydrogen-bond acceptors (Lipinski definition) is 6. The van der Waals surface area contributed by atoms with E-state index < -0.39 is 5.41 Å². The fourth-order valence-corrected chi connectivity index (χ4v) is 4.05. The van der Waals surface area contributed by atoms with Crippen molar-refractivity contribution in [2.45, 2.75) is 117 Å². The van der Waals surface area contributed by atoms with Crippen LogP contribution in [0.1, 0.15) is 93.4 Å². The molecule has 0 aliphatic carbocycles. The van der Waals surface area contributed by atoms with Gasteiger partial charge in [-0.1, -0.05) is 40.5 Å². The van der Waals surface area contributed by atoms with Crippen LogP contribution in [0.5, 0.6) is 0 Å². The van der Waals surface area contributed by atoms with E-state index in [1.54, 1.807) is 0 Å². The van der Waals surface area contributed by atoms with E-state index in [2.05, 4.69) is 69.6 Å². The van der Waals surface area contributed by atoms with Gasteiger partial charge in [0.1, 0.15) is 7.31 Å². The molecule has 4 atom stereocenters. The number of nitrogens with one attached hydrogen (secondary N) is 4. The molecule has 6 nitrogen and oxygen atoms in total. The van der Waals surface area contributed by atoms with Crippen molar-refractivity contribution in [3.63, 3.8) is 0 Å². The summed E-state index contributed by atoms with van der Waals surface area (Å²) in [5.74, 6) is 0.673. The van der Waals surface area contributed by atoms with E-state index in [0.717, 1.165) is 58.0 Å². The van der Waals surface area contributed by atoms with Crippen molar-refractivity contribution in [2.75, 3.05) is 26.7 Å². The maximum Gasteiger partial charge on any atom is 0.157 e. The van der Waals surface area contributed by atoms with Crippen molar-refractivity contribution < 1.29 is 4.79 Å². The van der Waals surface area contributed by atoms with Crippen LogP contribution in [-0.2, 0) is 4.79 Å². The number of carbonyl (C=O) groups is 1. The Morgan fingerprint density at radius 1 is 1.03 bits per heavy atom. The van der Waals surface area contributed by atoms with Gasteiger partial charge in [-0.3, -0.25) is 4.79 Å². The number of likely N-dealkylation sites (N-methyl/N-ethyl adjacent to an activating group) is 1. The van der Waals surface area contributed by atoms with Crippen LogP contribution < -0.4 is 26.9 Å². The Morgan fingerprint density at radius 2 is 1.64 bits per heavy atom. The van der Waals surface area contributed by atoms with Gasteiger partial charge in [-0.2, -0.15) is 0 Å². The number of unbranched alkanes of at least 4 members (excludes halogenated alkanes) is 2. The monoisotopic (exact) mass is 462 g/mol. The first-order valence-corrected chi connectivity index (χ1v) is 13.2. The first-order valence-electron chi connectivity index (χ1n) is 13.2. The van der Waals surface area contributed by atoms with E-state index >= 15 is 0 Å². The minimum atomic E-state index is -0.484. The van der Waals surface area contributed by atoms with E-state index in [0.29, 0.717) is 24.5 Å². The lowest BCUT2D eigenvalue weighted by molar-refractivity contribution is -0.133. The quantitative estimate of drug-likeness (QED) is 0.133. The third-order valence-corrected chi connectivity index (χ3v) is 7.75. The number of ketones is 1. The number of nitrogens with two attached hydrogens (primary N) is 1. The molecule has 0 aromatic carbocycles. The van der Waals surface area contributed by atoms with E-state index in [9.17, 15) is 4.79 Å². The van der Waals surface area contributed by atoms with Gasteiger partial charge in [0, 0.05) is 24.7 Å². The van der Waals surface area contributed by atoms with E-state index in [-0.39, 0.29) is 17.4 Å². The van der Waals surface area contributed by atoms with Gasteiger partial charge in [-0.25, -0.2) is 0 Å². The SMILES string of the molecule is [B][B]NC(CCCCNC(C)(C)C(C)(C)C(=O)C(CCCCNC(C)CC)NC)C(C)CN. The number of hydrogen-bond donors (Lipinski definition) is 5. The topological polar surface area (TPSA) is 91.2 Å². The molecule has 0 amide bonds. The van der Waals surface area contributed by atoms with Gasteiger partial charge in [0.05, 0.1) is 6.04 Å². The van der Waals surface area contributed by atoms with E-state index in [4.69, 9.17) is 13.5 Å². The zero-order valence-corrected chi connectivity index (χ0v) is 23.0. The molecule has 0 saturated heterocycles. The van der Waals surface area contributed by atoms with Gasteiger partial charge >= 0.3 is 0 Å². The summed E-state index contributed by atoms with van der Waals surface area (Å²) in [4.78, 5) is 13.5. The number of Topliss-reactive ketones (excluding diaryl/α,β-unsaturated/α-hetero) is 1. The maximum atomic E-state index is 13.5. The standard InChI is InChI=1S/C25H54B2N5O/c1-9-20(3)30-16-12-10-15-22(29-8)23(33)24(4,5)25(6,7)31-17-13-11-14-21(32-27-26)19(2)18-28/h19-22,29-32H,9-18,28H2,1-8H3. The fraction of sp³-hybridized carbons (Fsp3) is 0.960. The summed E-state index contributed by atoms with van der Waals surface area (Å²) < 4.78 is 0. The highest BCUT2D eigenvalue weighted by Crippen LogP contribution is 2.33. The van der Waals surface area contributed by atoms with Crippen LogP contribution in [0.3, 0.4) is 0 Å². The Bertz CT molecular complexity index is 519. The Labute approximate surface area is 207 Å². The molecule has 3 radical (unpaired) electrons. The van der Waals surface area contributed by atoms with Gasteiger partial charge in [0.25, 0.3) is 0 Å². The summed E-state index contributed by atoms with van der Waals surface area (Å²) in [5.41, 5.74) is 5.03. The smallest absolute Gasteiger partial charge is 0.157 e. The molecule has 0 spiro atoms. The Morgan fingerprint density at radius 3 is 2.18 bits per heavy atom. The second-order valence-electron chi connectivity index (χ2n) is 10.8. The average molecular weight is 462 g/mol. The maximum absolute atomic E-state index is 13.5. The Balaban J connectivity index is 4.61. The lowest BCUT2D eigenvalue weighted by Crippen LogP contribution is -2.59. The van der Waals surface area contributed by atoms with E-state index in [1.807, 2.05) is 7.05 Å². The van der Waals surface area contributed by atoms with Crippen molar-refractivity contribution in [1.82, 2.24) is 21.2 Å². The molecule has 0 aliphatic rings. The highest BCUT2D eigenvalue weighted by molar-refractivity contribution is 6.87. The molecular formula is C25H54B2N5O. The summed E-state index contributed by atoms with van der Waals surface area (Å²) >= 11 is 0. The van der Waals surface area contributed by atoms with Crippen molar-refractivity contribution in [3.8, 4) is 0 Å². The highest BCUT2D eigenvalue weighted by Gasteiger charge is 2.44. The molecule has 0 aromatic heterocycles. The molecular weight excluding hydrogens is 408 g/mol. The van der Waals surface area contributed by atoms with Crippen LogP contribution in [0.15, 0.2) is 0 Å². The summed E-state index contributed by atoms with van der Waals surface area (Å²) in [7, 11) is 8.98. The first-order chi connectivity index (χ1) is 15.5. The molecule has 0 fully saturated rings. The largest absolute Gasteiger partial charge is 0.366 e. The molecule has 0 aromatic rings. The predicted molar refractivity (Wildman–Crippen MR) is 146 cm³/mol. The molecule has 0 bridgehead atoms. The van der Waals surface area contributed by atoms with Crippen LogP contribution in [0.25, 0.3) is 0 Å². The lowest BCUT2D eigenvalue weighted by atomic mass is 9.66. The molecule has 4 unspecified atom stereocenters. The zero-order chi connectivity index (χ0) is 25.5. The van der Waals surface area contributed by atoms with E-state index in [1.165, 1.54) is 7.31 Å². The van der Waals surface area contributed by atoms with Crippen molar-refractivity contribution >= 4 is 20.8 Å². The fourth-order valence-electron chi connectivity index (χ4n) is 4.05. The van der Waals surface area contributed by atoms with Crippen LogP contribution >= 0.6 is 0 Å². The predicted octanol–water partition coefficient (Wildman–Crippen LogP) is 2.52.